The number of fused-ring (bicyclic) bond motifs is 5. The molecule has 0 bridgehead atoms. The monoisotopic (exact) mass is 256 g/mol. The summed E-state index contributed by atoms with van der Waals surface area (Å²) >= 11 is 0. The van der Waals surface area contributed by atoms with Crippen molar-refractivity contribution in [3.63, 3.8) is 0 Å². The minimum Gasteiger partial charge on any atom is -0.0616 e. The quantitative estimate of drug-likeness (QED) is 0.351. The van der Waals surface area contributed by atoms with Crippen LogP contribution in [-0.4, -0.2) is 0 Å². The largest absolute Gasteiger partial charge is 0.0616 e. The van der Waals surface area contributed by atoms with Crippen LogP contribution < -0.4 is 0 Å². The second-order valence-corrected chi connectivity index (χ2v) is 5.63. The van der Waals surface area contributed by atoms with Crippen molar-refractivity contribution in [2.45, 2.75) is 13.8 Å². The van der Waals surface area contributed by atoms with E-state index < -0.39 is 0 Å². The van der Waals surface area contributed by atoms with Crippen molar-refractivity contribution in [3.05, 3.63) is 71.8 Å². The van der Waals surface area contributed by atoms with Crippen molar-refractivity contribution in [3.8, 4) is 0 Å². The normalized spacial score (nSPS) is 11.5. The van der Waals surface area contributed by atoms with Gasteiger partial charge in [-0.25, -0.2) is 0 Å². The van der Waals surface area contributed by atoms with Gasteiger partial charge in [0.1, 0.15) is 0 Å². The first kappa shape index (κ1) is 11.5. The van der Waals surface area contributed by atoms with Crippen LogP contribution >= 0.6 is 0 Å². The summed E-state index contributed by atoms with van der Waals surface area (Å²) in [5.41, 5.74) is 2.67. The minimum atomic E-state index is 1.31. The number of aryl methyl sites for hydroxylation is 2. The Bertz CT molecular complexity index is 962. The molecular formula is C20H16. The van der Waals surface area contributed by atoms with Crippen LogP contribution in [0.25, 0.3) is 32.3 Å². The molecule has 0 saturated carbocycles. The van der Waals surface area contributed by atoms with Gasteiger partial charge in [0.2, 0.25) is 0 Å². The SMILES string of the molecule is Cc1ccc2c(c1)cc(C)c1c3ccccc3ccc21. The fraction of sp³-hybridized carbons (Fsp3) is 0.100. The average molecular weight is 256 g/mol. The molecule has 4 aromatic rings. The molecule has 0 atom stereocenters. The van der Waals surface area contributed by atoms with Gasteiger partial charge in [-0.1, -0.05) is 66.2 Å². The summed E-state index contributed by atoms with van der Waals surface area (Å²) in [4.78, 5) is 0. The molecule has 0 aliphatic rings. The lowest BCUT2D eigenvalue weighted by atomic mass is 9.93. The van der Waals surface area contributed by atoms with Gasteiger partial charge in [-0.05, 0) is 51.7 Å². The van der Waals surface area contributed by atoms with Crippen LogP contribution in [0.15, 0.2) is 60.7 Å². The van der Waals surface area contributed by atoms with Crippen LogP contribution in [-0.2, 0) is 0 Å². The van der Waals surface area contributed by atoms with Crippen molar-refractivity contribution in [2.24, 2.45) is 0 Å². The van der Waals surface area contributed by atoms with Crippen molar-refractivity contribution in [2.75, 3.05) is 0 Å². The second-order valence-electron chi connectivity index (χ2n) is 5.63. The molecule has 0 fully saturated rings. The Labute approximate surface area is 118 Å². The summed E-state index contributed by atoms with van der Waals surface area (Å²) in [6, 6.07) is 22.2. The Morgan fingerprint density at radius 3 is 2.30 bits per heavy atom. The van der Waals surface area contributed by atoms with E-state index in [1.165, 1.54) is 43.4 Å². The van der Waals surface area contributed by atoms with Crippen LogP contribution in [0.5, 0.6) is 0 Å². The molecule has 20 heavy (non-hydrogen) atoms. The summed E-state index contributed by atoms with van der Waals surface area (Å²) in [5, 5.41) is 8.10. The molecule has 0 aliphatic heterocycles. The van der Waals surface area contributed by atoms with Crippen LogP contribution in [0.4, 0.5) is 0 Å². The van der Waals surface area contributed by atoms with Gasteiger partial charge in [0.25, 0.3) is 0 Å². The summed E-state index contributed by atoms with van der Waals surface area (Å²) in [6.45, 7) is 4.37. The lowest BCUT2D eigenvalue weighted by Crippen LogP contribution is -1.85. The van der Waals surface area contributed by atoms with Gasteiger partial charge in [-0.15, -0.1) is 0 Å². The maximum Gasteiger partial charge on any atom is -0.00697 e. The van der Waals surface area contributed by atoms with Crippen LogP contribution in [0.2, 0.25) is 0 Å². The van der Waals surface area contributed by atoms with E-state index in [-0.39, 0.29) is 0 Å². The van der Waals surface area contributed by atoms with Gasteiger partial charge in [0.15, 0.2) is 0 Å². The van der Waals surface area contributed by atoms with E-state index in [1.807, 2.05) is 0 Å². The zero-order valence-electron chi connectivity index (χ0n) is 11.8. The van der Waals surface area contributed by atoms with Gasteiger partial charge in [0, 0.05) is 0 Å². The van der Waals surface area contributed by atoms with E-state index >= 15 is 0 Å². The molecular weight excluding hydrogens is 240 g/mol. The number of hydrogen-bond donors (Lipinski definition) is 0. The summed E-state index contributed by atoms with van der Waals surface area (Å²) in [5.74, 6) is 0. The van der Waals surface area contributed by atoms with Crippen molar-refractivity contribution in [1.29, 1.82) is 0 Å². The van der Waals surface area contributed by atoms with Crippen molar-refractivity contribution < 1.29 is 0 Å². The van der Waals surface area contributed by atoms with Crippen LogP contribution in [0.3, 0.4) is 0 Å². The third-order valence-corrected chi connectivity index (χ3v) is 4.19. The van der Waals surface area contributed by atoms with E-state index in [0.717, 1.165) is 0 Å². The molecule has 4 rings (SSSR count). The molecule has 0 heterocycles. The Kier molecular flexibility index (Phi) is 2.34. The van der Waals surface area contributed by atoms with Crippen LogP contribution in [0, 0.1) is 13.8 Å². The highest BCUT2D eigenvalue weighted by atomic mass is 14.1. The highest BCUT2D eigenvalue weighted by Crippen LogP contribution is 2.34. The predicted octanol–water partition coefficient (Wildman–Crippen LogP) is 5.76. The smallest absolute Gasteiger partial charge is 0.00697 e. The first-order chi connectivity index (χ1) is 9.74. The summed E-state index contributed by atoms with van der Waals surface area (Å²) < 4.78 is 0. The molecule has 0 spiro atoms. The van der Waals surface area contributed by atoms with Crippen LogP contribution in [0.1, 0.15) is 11.1 Å². The zero-order valence-corrected chi connectivity index (χ0v) is 11.8. The standard InChI is InChI=1S/C20H16/c1-13-7-9-17-16(11-13)12-14(2)20-18-6-4-3-5-15(18)8-10-19(17)20/h3-12H,1-2H3. The molecule has 96 valence electrons. The maximum atomic E-state index is 2.32. The first-order valence-electron chi connectivity index (χ1n) is 7.05. The van der Waals surface area contributed by atoms with Crippen molar-refractivity contribution in [1.82, 2.24) is 0 Å². The minimum absolute atomic E-state index is 1.31. The second kappa shape index (κ2) is 4.08. The molecule has 0 heteroatoms. The van der Waals surface area contributed by atoms with E-state index in [0.29, 0.717) is 0 Å². The number of benzene rings is 4. The average Bonchev–Trinajstić information content (AvgIpc) is 2.46. The zero-order chi connectivity index (χ0) is 13.7. The third-order valence-electron chi connectivity index (χ3n) is 4.19. The molecule has 0 saturated heterocycles. The van der Waals surface area contributed by atoms with Crippen molar-refractivity contribution >= 4 is 32.3 Å². The van der Waals surface area contributed by atoms with E-state index in [4.69, 9.17) is 0 Å². The Morgan fingerprint density at radius 2 is 1.40 bits per heavy atom. The lowest BCUT2D eigenvalue weighted by molar-refractivity contribution is 1.50. The highest BCUT2D eigenvalue weighted by Gasteiger charge is 2.07. The van der Waals surface area contributed by atoms with Gasteiger partial charge in [-0.3, -0.25) is 0 Å². The fourth-order valence-corrected chi connectivity index (χ4v) is 3.27. The van der Waals surface area contributed by atoms with E-state index in [2.05, 4.69) is 74.5 Å². The Balaban J connectivity index is 2.31. The highest BCUT2D eigenvalue weighted by molar-refractivity contribution is 6.18. The van der Waals surface area contributed by atoms with Gasteiger partial charge in [-0.2, -0.15) is 0 Å². The van der Waals surface area contributed by atoms with Gasteiger partial charge in [0.05, 0.1) is 0 Å². The molecule has 0 amide bonds. The first-order valence-corrected chi connectivity index (χ1v) is 7.05. The molecule has 0 radical (unpaired) electrons. The van der Waals surface area contributed by atoms with Gasteiger partial charge >= 0.3 is 0 Å². The fourth-order valence-electron chi connectivity index (χ4n) is 3.27. The predicted molar refractivity (Wildman–Crippen MR) is 88.4 cm³/mol. The summed E-state index contributed by atoms with van der Waals surface area (Å²) in [6.07, 6.45) is 0. The topological polar surface area (TPSA) is 0 Å². The van der Waals surface area contributed by atoms with Gasteiger partial charge < -0.3 is 0 Å². The molecule has 0 unspecified atom stereocenters. The number of rotatable bonds is 0. The summed E-state index contributed by atoms with van der Waals surface area (Å²) in [7, 11) is 0. The van der Waals surface area contributed by atoms with E-state index in [9.17, 15) is 0 Å². The Hall–Kier alpha value is -2.34. The number of hydrogen-bond acceptors (Lipinski definition) is 0. The molecule has 0 aromatic heterocycles. The van der Waals surface area contributed by atoms with E-state index in [1.54, 1.807) is 0 Å². The molecule has 0 aliphatic carbocycles. The Morgan fingerprint density at radius 1 is 0.600 bits per heavy atom. The third kappa shape index (κ3) is 1.55. The lowest BCUT2D eigenvalue weighted by Gasteiger charge is -2.11. The molecule has 0 nitrogen and oxygen atoms in total. The molecule has 4 aromatic carbocycles. The maximum absolute atomic E-state index is 2.32. The molecule has 0 N–H and O–H groups in total.